The quantitative estimate of drug-likeness (QED) is 0.724. The van der Waals surface area contributed by atoms with Crippen LogP contribution in [0, 0.1) is 24.2 Å². The van der Waals surface area contributed by atoms with Crippen molar-refractivity contribution in [3.8, 4) is 6.07 Å². The van der Waals surface area contributed by atoms with Gasteiger partial charge in [-0.3, -0.25) is 0 Å². The van der Waals surface area contributed by atoms with Gasteiger partial charge < -0.3 is 20.3 Å². The van der Waals surface area contributed by atoms with Crippen LogP contribution in [0.3, 0.4) is 0 Å². The third-order valence-electron chi connectivity index (χ3n) is 5.04. The summed E-state index contributed by atoms with van der Waals surface area (Å²) in [4.78, 5) is 8.93. The lowest BCUT2D eigenvalue weighted by atomic mass is 9.79. The molecule has 2 heterocycles. The molecule has 1 unspecified atom stereocenters. The van der Waals surface area contributed by atoms with Gasteiger partial charge in [-0.15, -0.1) is 0 Å². The molecule has 3 N–H and O–H groups in total. The maximum Gasteiger partial charge on any atom is 0.491 e. The monoisotopic (exact) mass is 349 g/mol. The third kappa shape index (κ3) is 3.23. The van der Waals surface area contributed by atoms with Crippen LogP contribution in [0.4, 0.5) is 17.5 Å². The minimum Gasteiger partial charge on any atom is -0.423 e. The summed E-state index contributed by atoms with van der Waals surface area (Å²) in [7, 11) is -0.843. The van der Waals surface area contributed by atoms with Crippen molar-refractivity contribution < 1.29 is 9.68 Å². The summed E-state index contributed by atoms with van der Waals surface area (Å²) in [6, 6.07) is 8.17. The highest BCUT2D eigenvalue weighted by Gasteiger charge is 2.28. The van der Waals surface area contributed by atoms with Crippen LogP contribution in [0.15, 0.2) is 24.4 Å². The highest BCUT2D eigenvalue weighted by Crippen LogP contribution is 2.29. The largest absolute Gasteiger partial charge is 0.491 e. The Morgan fingerprint density at radius 1 is 1.38 bits per heavy atom. The lowest BCUT2D eigenvalue weighted by molar-refractivity contribution is 0.275. The minimum atomic E-state index is -0.843. The summed E-state index contributed by atoms with van der Waals surface area (Å²) in [6.07, 6.45) is 4.76. The van der Waals surface area contributed by atoms with E-state index in [9.17, 15) is 10.3 Å². The Morgan fingerprint density at radius 3 is 3.12 bits per heavy atom. The van der Waals surface area contributed by atoms with Crippen LogP contribution in [0.1, 0.15) is 30.4 Å². The number of nitriles is 1. The van der Waals surface area contributed by atoms with Gasteiger partial charge in [0.15, 0.2) is 0 Å². The van der Waals surface area contributed by atoms with Crippen LogP contribution in [0.5, 0.6) is 0 Å². The Hall–Kier alpha value is -2.63. The molecule has 0 spiro atoms. The molecule has 2 atom stereocenters. The zero-order valence-electron chi connectivity index (χ0n) is 14.6. The van der Waals surface area contributed by atoms with Gasteiger partial charge >= 0.3 is 7.12 Å². The lowest BCUT2D eigenvalue weighted by Gasteiger charge is -2.18. The highest BCUT2D eigenvalue weighted by molar-refractivity contribution is 6.61. The molecule has 0 amide bonds. The van der Waals surface area contributed by atoms with Crippen molar-refractivity contribution in [2.24, 2.45) is 5.92 Å². The van der Waals surface area contributed by atoms with E-state index in [-0.39, 0.29) is 12.0 Å². The molecule has 0 saturated heterocycles. The fourth-order valence-electron chi connectivity index (χ4n) is 3.55. The Balaban J connectivity index is 1.52. The Kier molecular flexibility index (Phi) is 4.49. The first-order valence-electron chi connectivity index (χ1n) is 8.83. The van der Waals surface area contributed by atoms with Crippen molar-refractivity contribution in [1.82, 2.24) is 9.97 Å². The molecular formula is C18H20BN5O2. The number of nitrogens with one attached hydrogen (secondary N) is 2. The van der Waals surface area contributed by atoms with E-state index in [4.69, 9.17) is 4.65 Å². The minimum absolute atomic E-state index is 0.0314. The van der Waals surface area contributed by atoms with E-state index in [2.05, 4.69) is 26.7 Å². The average molecular weight is 349 g/mol. The van der Waals surface area contributed by atoms with E-state index in [1.165, 1.54) is 0 Å². The van der Waals surface area contributed by atoms with Crippen molar-refractivity contribution in [3.05, 3.63) is 35.5 Å². The van der Waals surface area contributed by atoms with Crippen molar-refractivity contribution >= 4 is 30.0 Å². The normalized spacial score (nSPS) is 21.3. The molecule has 8 heteroatoms. The average Bonchev–Trinajstić information content (AvgIpc) is 3.24. The second-order valence-corrected chi connectivity index (χ2v) is 6.84. The zero-order chi connectivity index (χ0) is 18.1. The first kappa shape index (κ1) is 16.8. The Bertz CT molecular complexity index is 869. The Morgan fingerprint density at radius 2 is 2.27 bits per heavy atom. The molecular weight excluding hydrogens is 329 g/mol. The molecule has 132 valence electrons. The van der Waals surface area contributed by atoms with Gasteiger partial charge in [0.2, 0.25) is 5.95 Å². The molecule has 0 radical (unpaired) electrons. The van der Waals surface area contributed by atoms with Crippen LogP contribution in [-0.2, 0) is 11.3 Å². The second kappa shape index (κ2) is 6.94. The van der Waals surface area contributed by atoms with Crippen LogP contribution >= 0.6 is 0 Å². The molecule has 26 heavy (non-hydrogen) atoms. The predicted octanol–water partition coefficient (Wildman–Crippen LogP) is 1.85. The molecule has 1 aliphatic carbocycles. The molecule has 1 saturated carbocycles. The molecule has 1 aromatic heterocycles. The molecule has 7 nitrogen and oxygen atoms in total. The second-order valence-electron chi connectivity index (χ2n) is 6.84. The summed E-state index contributed by atoms with van der Waals surface area (Å²) in [6.45, 7) is 2.35. The third-order valence-corrected chi connectivity index (χ3v) is 5.04. The van der Waals surface area contributed by atoms with E-state index in [1.807, 2.05) is 25.1 Å². The number of aryl methyl sites for hydroxylation is 1. The van der Waals surface area contributed by atoms with Crippen molar-refractivity contribution in [3.63, 3.8) is 0 Å². The molecule has 1 aliphatic heterocycles. The van der Waals surface area contributed by atoms with Gasteiger partial charge in [-0.2, -0.15) is 10.2 Å². The predicted molar refractivity (Wildman–Crippen MR) is 99.3 cm³/mol. The van der Waals surface area contributed by atoms with E-state index < -0.39 is 7.12 Å². The molecule has 1 aromatic carbocycles. The number of nitrogens with zero attached hydrogens (tertiary/aromatic N) is 3. The number of rotatable bonds is 4. The van der Waals surface area contributed by atoms with Gasteiger partial charge in [0.05, 0.1) is 18.6 Å². The molecule has 2 aromatic rings. The topological polar surface area (TPSA) is 103 Å². The number of anilines is 3. The van der Waals surface area contributed by atoms with E-state index in [0.29, 0.717) is 12.6 Å². The number of hydrogen-bond donors (Lipinski definition) is 3. The lowest BCUT2D eigenvalue weighted by Crippen LogP contribution is -2.27. The van der Waals surface area contributed by atoms with E-state index in [0.717, 1.165) is 47.4 Å². The van der Waals surface area contributed by atoms with E-state index in [1.54, 1.807) is 6.20 Å². The summed E-state index contributed by atoms with van der Waals surface area (Å²) in [5, 5.41) is 25.6. The zero-order valence-corrected chi connectivity index (χ0v) is 14.6. The summed E-state index contributed by atoms with van der Waals surface area (Å²) >= 11 is 0. The first-order valence-corrected chi connectivity index (χ1v) is 8.83. The van der Waals surface area contributed by atoms with Gasteiger partial charge in [-0.05, 0) is 49.3 Å². The van der Waals surface area contributed by atoms with Crippen molar-refractivity contribution in [2.45, 2.75) is 38.8 Å². The van der Waals surface area contributed by atoms with Crippen molar-refractivity contribution in [2.75, 3.05) is 10.6 Å². The maximum atomic E-state index is 9.71. The standard InChI is InChI=1S/C18H20BN5O2/c1-11-9-21-18(24-17(11)23-16-4-2-3-12(16)8-20)22-14-5-6-15-13(7-14)10-26-19(15)25/h5-7,9,12,16,25H,2-4,10H2,1H3,(H2,21,22,23,24)/t12?,16-/m0/s1. The van der Waals surface area contributed by atoms with Gasteiger partial charge in [0.1, 0.15) is 5.82 Å². The fraction of sp³-hybridized carbons (Fsp3) is 0.389. The van der Waals surface area contributed by atoms with Gasteiger partial charge in [0.25, 0.3) is 0 Å². The number of benzene rings is 1. The Labute approximate surface area is 152 Å². The van der Waals surface area contributed by atoms with E-state index >= 15 is 0 Å². The summed E-state index contributed by atoms with van der Waals surface area (Å²) < 4.78 is 5.22. The van der Waals surface area contributed by atoms with Crippen molar-refractivity contribution in [1.29, 1.82) is 5.26 Å². The van der Waals surface area contributed by atoms with Gasteiger partial charge in [-0.1, -0.05) is 6.07 Å². The summed E-state index contributed by atoms with van der Waals surface area (Å²) in [5.74, 6) is 1.28. The van der Waals surface area contributed by atoms with Gasteiger partial charge in [-0.25, -0.2) is 4.98 Å². The van der Waals surface area contributed by atoms with Crippen LogP contribution < -0.4 is 16.1 Å². The fourth-order valence-corrected chi connectivity index (χ4v) is 3.55. The SMILES string of the molecule is Cc1cnc(Nc2ccc3c(c2)COB3O)nc1N[C@H]1CCCC1C#N. The molecule has 2 aliphatic rings. The van der Waals surface area contributed by atoms with Crippen LogP contribution in [0.25, 0.3) is 0 Å². The molecule has 0 bridgehead atoms. The van der Waals surface area contributed by atoms with Gasteiger partial charge in [0, 0.05) is 23.5 Å². The maximum absolute atomic E-state index is 9.71. The smallest absolute Gasteiger partial charge is 0.423 e. The summed E-state index contributed by atoms with van der Waals surface area (Å²) in [5.41, 5.74) is 3.54. The number of aromatic nitrogens is 2. The van der Waals surface area contributed by atoms with Crippen LogP contribution in [0.2, 0.25) is 0 Å². The van der Waals surface area contributed by atoms with Crippen LogP contribution in [-0.4, -0.2) is 28.2 Å². The molecule has 1 fully saturated rings. The first-order chi connectivity index (χ1) is 12.6. The number of fused-ring (bicyclic) bond motifs is 1. The highest BCUT2D eigenvalue weighted by atomic mass is 16.5. The molecule has 4 rings (SSSR count). The number of hydrogen-bond acceptors (Lipinski definition) is 7.